The van der Waals surface area contributed by atoms with Gasteiger partial charge in [-0.15, -0.1) is 0 Å². The molecule has 0 radical (unpaired) electrons. The van der Waals surface area contributed by atoms with Crippen molar-refractivity contribution in [2.45, 2.75) is 27.2 Å². The minimum Gasteiger partial charge on any atom is -0.462 e. The fourth-order valence-corrected chi connectivity index (χ4v) is 3.18. The number of aryl methyl sites for hydroxylation is 1. The first-order valence-corrected chi connectivity index (χ1v) is 11.4. The van der Waals surface area contributed by atoms with Crippen LogP contribution < -0.4 is 9.47 Å². The molecule has 0 N–H and O–H groups in total. The molecule has 0 aliphatic carbocycles. The van der Waals surface area contributed by atoms with Crippen LogP contribution in [0.2, 0.25) is 0 Å². The number of carbonyl (C=O) groups is 3. The summed E-state index contributed by atoms with van der Waals surface area (Å²) in [4.78, 5) is 35.6. The smallest absolute Gasteiger partial charge is 0.338 e. The summed E-state index contributed by atoms with van der Waals surface area (Å²) in [5, 5.41) is 0. The minimum atomic E-state index is -0.548. The summed E-state index contributed by atoms with van der Waals surface area (Å²) in [5.74, 6) is -0.811. The number of rotatable bonds is 9. The zero-order valence-electron chi connectivity index (χ0n) is 20.6. The van der Waals surface area contributed by atoms with Gasteiger partial charge in [0.15, 0.2) is 0 Å². The Morgan fingerprint density at radius 1 is 0.667 bits per heavy atom. The average molecular weight is 485 g/mol. The molecule has 36 heavy (non-hydrogen) atoms. The summed E-state index contributed by atoms with van der Waals surface area (Å²) in [6, 6.07) is 20.6. The lowest BCUT2D eigenvalue weighted by molar-refractivity contribution is -0.142. The summed E-state index contributed by atoms with van der Waals surface area (Å²) in [6.45, 7) is 12.2. The lowest BCUT2D eigenvalue weighted by Crippen LogP contribution is -2.14. The highest BCUT2D eigenvalue weighted by atomic mass is 16.6. The second-order valence-electron chi connectivity index (χ2n) is 8.45. The Bertz CT molecular complexity index is 1300. The molecule has 6 nitrogen and oxygen atoms in total. The van der Waals surface area contributed by atoms with E-state index in [4.69, 9.17) is 14.2 Å². The predicted octanol–water partition coefficient (Wildman–Crippen LogP) is 6.23. The first kappa shape index (κ1) is 26.2. The Labute approximate surface area is 210 Å². The van der Waals surface area contributed by atoms with Crippen molar-refractivity contribution in [3.05, 3.63) is 96.6 Å². The van der Waals surface area contributed by atoms with E-state index in [1.165, 1.54) is 6.92 Å². The molecule has 0 spiro atoms. The number of hydrogen-bond donors (Lipinski definition) is 0. The molecule has 184 valence electrons. The van der Waals surface area contributed by atoms with Crippen molar-refractivity contribution in [3.8, 4) is 33.8 Å². The van der Waals surface area contributed by atoms with Gasteiger partial charge >= 0.3 is 17.9 Å². The molecular formula is C30H28O6. The van der Waals surface area contributed by atoms with E-state index < -0.39 is 17.9 Å². The number of ether oxygens (including phenoxy) is 3. The number of hydrogen-bond acceptors (Lipinski definition) is 6. The summed E-state index contributed by atoms with van der Waals surface area (Å²) in [7, 11) is 0. The van der Waals surface area contributed by atoms with Gasteiger partial charge in [0.25, 0.3) is 0 Å². The van der Waals surface area contributed by atoms with E-state index >= 15 is 0 Å². The van der Waals surface area contributed by atoms with Crippen LogP contribution >= 0.6 is 0 Å². The maximum Gasteiger partial charge on any atom is 0.338 e. The Balaban J connectivity index is 1.79. The summed E-state index contributed by atoms with van der Waals surface area (Å²) < 4.78 is 15.8. The van der Waals surface area contributed by atoms with E-state index in [0.717, 1.165) is 27.8 Å². The Morgan fingerprint density at radius 2 is 1.19 bits per heavy atom. The zero-order chi connectivity index (χ0) is 26.2. The Hall–Kier alpha value is -4.45. The van der Waals surface area contributed by atoms with Crippen LogP contribution in [0.3, 0.4) is 0 Å². The summed E-state index contributed by atoms with van der Waals surface area (Å²) >= 11 is 0. The summed E-state index contributed by atoms with van der Waals surface area (Å²) in [6.07, 6.45) is -0.0726. The fraction of sp³-hybridized carbons (Fsp3) is 0.167. The normalized spacial score (nSPS) is 10.3. The first-order valence-electron chi connectivity index (χ1n) is 11.4. The first-order chi connectivity index (χ1) is 17.1. The van der Waals surface area contributed by atoms with Crippen molar-refractivity contribution in [1.82, 2.24) is 0 Å². The third kappa shape index (κ3) is 7.27. The van der Waals surface area contributed by atoms with E-state index in [9.17, 15) is 14.4 Å². The van der Waals surface area contributed by atoms with Crippen LogP contribution in [-0.4, -0.2) is 24.5 Å². The highest BCUT2D eigenvalue weighted by Gasteiger charge is 2.12. The SMILES string of the molecule is C=C(C)C(=O)OCCC(=O)Oc1ccc(-c2cc(OC(=O)C(=C)C)cc(-c3ccc(C)cc3)c2)cc1. The average Bonchev–Trinajstić information content (AvgIpc) is 2.84. The topological polar surface area (TPSA) is 78.9 Å². The lowest BCUT2D eigenvalue weighted by Gasteiger charge is -2.12. The molecule has 0 amide bonds. The summed E-state index contributed by atoms with van der Waals surface area (Å²) in [5.41, 5.74) is 5.24. The molecule has 3 aromatic rings. The monoisotopic (exact) mass is 484 g/mol. The molecule has 0 atom stereocenters. The highest BCUT2D eigenvalue weighted by Crippen LogP contribution is 2.33. The number of carbonyl (C=O) groups excluding carboxylic acids is 3. The quantitative estimate of drug-likeness (QED) is 0.204. The standard InChI is InChI=1S/C30H28O6/c1-19(2)29(32)34-15-14-28(31)35-26-12-10-23(11-13-26)25-16-24(22-8-6-21(5)7-9-22)17-27(18-25)36-30(33)20(3)4/h6-13,16-18H,1,3,14-15H2,2,4-5H3. The Kier molecular flexibility index (Phi) is 8.57. The molecular weight excluding hydrogens is 456 g/mol. The molecule has 0 aliphatic heterocycles. The maximum absolute atomic E-state index is 12.1. The van der Waals surface area contributed by atoms with Crippen LogP contribution in [0.4, 0.5) is 0 Å². The molecule has 0 saturated heterocycles. The van der Waals surface area contributed by atoms with Gasteiger partial charge in [0.2, 0.25) is 0 Å². The van der Waals surface area contributed by atoms with Crippen LogP contribution in [0.1, 0.15) is 25.8 Å². The largest absolute Gasteiger partial charge is 0.462 e. The molecule has 0 unspecified atom stereocenters. The molecule has 0 heterocycles. The van der Waals surface area contributed by atoms with Crippen LogP contribution in [0.5, 0.6) is 11.5 Å². The van der Waals surface area contributed by atoms with E-state index in [-0.39, 0.29) is 18.6 Å². The van der Waals surface area contributed by atoms with E-state index in [0.29, 0.717) is 17.1 Å². The molecule has 0 saturated carbocycles. The van der Waals surface area contributed by atoms with Gasteiger partial charge in [-0.25, -0.2) is 9.59 Å². The highest BCUT2D eigenvalue weighted by molar-refractivity contribution is 5.89. The van der Waals surface area contributed by atoms with E-state index in [1.54, 1.807) is 25.1 Å². The zero-order valence-corrected chi connectivity index (χ0v) is 20.6. The third-order valence-corrected chi connectivity index (χ3v) is 5.16. The van der Waals surface area contributed by atoms with Gasteiger partial charge in [0.1, 0.15) is 18.1 Å². The van der Waals surface area contributed by atoms with E-state index in [2.05, 4.69) is 13.2 Å². The lowest BCUT2D eigenvalue weighted by atomic mass is 9.98. The van der Waals surface area contributed by atoms with Crippen LogP contribution in [-0.2, 0) is 19.1 Å². The number of esters is 3. The maximum atomic E-state index is 12.1. The second-order valence-corrected chi connectivity index (χ2v) is 8.45. The molecule has 3 rings (SSSR count). The van der Waals surface area contributed by atoms with Crippen molar-refractivity contribution in [2.24, 2.45) is 0 Å². The minimum absolute atomic E-state index is 0.0726. The van der Waals surface area contributed by atoms with Crippen LogP contribution in [0, 0.1) is 6.92 Å². The van der Waals surface area contributed by atoms with Gasteiger partial charge in [-0.05, 0) is 73.4 Å². The van der Waals surface area contributed by atoms with Gasteiger partial charge in [-0.2, -0.15) is 0 Å². The predicted molar refractivity (Wildman–Crippen MR) is 139 cm³/mol. The van der Waals surface area contributed by atoms with Crippen molar-refractivity contribution in [3.63, 3.8) is 0 Å². The molecule has 0 fully saturated rings. The van der Waals surface area contributed by atoms with E-state index in [1.807, 2.05) is 55.5 Å². The fourth-order valence-electron chi connectivity index (χ4n) is 3.18. The van der Waals surface area contributed by atoms with Gasteiger partial charge < -0.3 is 14.2 Å². The Morgan fingerprint density at radius 3 is 1.72 bits per heavy atom. The van der Waals surface area contributed by atoms with Crippen molar-refractivity contribution >= 4 is 17.9 Å². The molecule has 0 aromatic heterocycles. The van der Waals surface area contributed by atoms with Crippen molar-refractivity contribution in [1.29, 1.82) is 0 Å². The van der Waals surface area contributed by atoms with Gasteiger partial charge in [0.05, 0.1) is 6.42 Å². The molecule has 0 bridgehead atoms. The van der Waals surface area contributed by atoms with Gasteiger partial charge in [0, 0.05) is 11.1 Å². The molecule has 3 aromatic carbocycles. The van der Waals surface area contributed by atoms with Crippen molar-refractivity contribution < 1.29 is 28.6 Å². The number of benzene rings is 3. The molecule has 0 aliphatic rings. The van der Waals surface area contributed by atoms with Crippen LogP contribution in [0.25, 0.3) is 22.3 Å². The van der Waals surface area contributed by atoms with Crippen molar-refractivity contribution in [2.75, 3.05) is 6.61 Å². The second kappa shape index (κ2) is 11.8. The van der Waals surface area contributed by atoms with Gasteiger partial charge in [-0.1, -0.05) is 55.1 Å². The van der Waals surface area contributed by atoms with Gasteiger partial charge in [-0.3, -0.25) is 4.79 Å². The third-order valence-electron chi connectivity index (χ3n) is 5.16. The molecule has 6 heteroatoms. The van der Waals surface area contributed by atoms with Crippen LogP contribution in [0.15, 0.2) is 91.0 Å².